The summed E-state index contributed by atoms with van der Waals surface area (Å²) in [7, 11) is 0. The number of anilines is 2. The minimum atomic E-state index is -0.878. The number of carboxylic acid groups (broad SMARTS) is 1. The van der Waals surface area contributed by atoms with Gasteiger partial charge in [-0.05, 0) is 31.2 Å². The van der Waals surface area contributed by atoms with E-state index >= 15 is 0 Å². The number of benzene rings is 1. The Labute approximate surface area is 76.4 Å². The van der Waals surface area contributed by atoms with Crippen LogP contribution in [0, 0.1) is 0 Å². The van der Waals surface area contributed by atoms with Crippen LogP contribution in [-0.4, -0.2) is 17.1 Å². The van der Waals surface area contributed by atoms with E-state index in [9.17, 15) is 4.79 Å². The number of aliphatic carboxylic acids is 1. The first kappa shape index (κ1) is 9.38. The second-order valence-corrected chi connectivity index (χ2v) is 2.83. The first-order valence-corrected chi connectivity index (χ1v) is 3.94. The van der Waals surface area contributed by atoms with Gasteiger partial charge < -0.3 is 16.2 Å². The average Bonchev–Trinajstić information content (AvgIpc) is 2.08. The molecule has 0 aliphatic carbocycles. The van der Waals surface area contributed by atoms with Crippen LogP contribution in [0.25, 0.3) is 0 Å². The summed E-state index contributed by atoms with van der Waals surface area (Å²) in [5.74, 6) is -0.878. The van der Waals surface area contributed by atoms with E-state index in [0.717, 1.165) is 5.69 Å². The predicted octanol–water partition coefficient (Wildman–Crippen LogP) is 1.15. The molecule has 1 atom stereocenters. The Bertz CT molecular complexity index is 295. The summed E-state index contributed by atoms with van der Waals surface area (Å²) < 4.78 is 0. The number of carbonyl (C=O) groups is 1. The zero-order valence-corrected chi connectivity index (χ0v) is 7.32. The maximum Gasteiger partial charge on any atom is 0.325 e. The number of rotatable bonds is 3. The Morgan fingerprint density at radius 3 is 2.46 bits per heavy atom. The molecule has 0 saturated heterocycles. The highest BCUT2D eigenvalue weighted by atomic mass is 16.4. The molecule has 0 heterocycles. The number of nitrogens with two attached hydrogens (primary N) is 1. The fraction of sp³-hybridized carbons (Fsp3) is 0.222. The van der Waals surface area contributed by atoms with Crippen LogP contribution >= 0.6 is 0 Å². The minimum absolute atomic E-state index is 0.594. The molecular weight excluding hydrogens is 168 g/mol. The van der Waals surface area contributed by atoms with E-state index in [2.05, 4.69) is 5.32 Å². The molecule has 0 fully saturated rings. The standard InChI is InChI=1S/C9H12N2O2/c1-6(9(12)13)11-8-4-2-7(10)3-5-8/h2-6,11H,10H2,1H3,(H,12,13). The normalized spacial score (nSPS) is 12.1. The second-order valence-electron chi connectivity index (χ2n) is 2.83. The van der Waals surface area contributed by atoms with Gasteiger partial charge in [0.15, 0.2) is 0 Å². The molecule has 4 nitrogen and oxygen atoms in total. The first-order valence-electron chi connectivity index (χ1n) is 3.94. The Morgan fingerprint density at radius 2 is 2.00 bits per heavy atom. The molecule has 4 heteroatoms. The second kappa shape index (κ2) is 3.80. The van der Waals surface area contributed by atoms with Gasteiger partial charge in [-0.25, -0.2) is 0 Å². The van der Waals surface area contributed by atoms with Gasteiger partial charge in [-0.3, -0.25) is 4.79 Å². The van der Waals surface area contributed by atoms with Crippen molar-refractivity contribution in [2.24, 2.45) is 0 Å². The lowest BCUT2D eigenvalue weighted by Gasteiger charge is -2.10. The van der Waals surface area contributed by atoms with Crippen molar-refractivity contribution in [1.29, 1.82) is 0 Å². The van der Waals surface area contributed by atoms with Crippen LogP contribution in [0.2, 0.25) is 0 Å². The summed E-state index contributed by atoms with van der Waals surface area (Å²) in [5, 5.41) is 11.4. The van der Waals surface area contributed by atoms with Crippen LogP contribution in [0.1, 0.15) is 6.92 Å². The predicted molar refractivity (Wildman–Crippen MR) is 51.6 cm³/mol. The summed E-state index contributed by atoms with van der Waals surface area (Å²) in [4.78, 5) is 10.5. The molecule has 0 radical (unpaired) electrons. The molecular formula is C9H12N2O2. The van der Waals surface area contributed by atoms with Gasteiger partial charge in [-0.2, -0.15) is 0 Å². The highest BCUT2D eigenvalue weighted by Gasteiger charge is 2.09. The number of nitrogen functional groups attached to an aromatic ring is 1. The Kier molecular flexibility index (Phi) is 2.74. The molecule has 0 aliphatic heterocycles. The number of carboxylic acids is 1. The highest BCUT2D eigenvalue weighted by molar-refractivity contribution is 5.76. The quantitative estimate of drug-likeness (QED) is 0.610. The van der Waals surface area contributed by atoms with Crippen molar-refractivity contribution in [3.63, 3.8) is 0 Å². The van der Waals surface area contributed by atoms with Gasteiger partial charge in [0.25, 0.3) is 0 Å². The van der Waals surface area contributed by atoms with Crippen molar-refractivity contribution in [1.82, 2.24) is 0 Å². The molecule has 1 unspecified atom stereocenters. The molecule has 1 aromatic carbocycles. The first-order chi connectivity index (χ1) is 6.09. The summed E-state index contributed by atoms with van der Waals surface area (Å²) in [6, 6.07) is 6.33. The third-order valence-corrected chi connectivity index (χ3v) is 1.66. The largest absolute Gasteiger partial charge is 0.480 e. The molecule has 0 aliphatic rings. The van der Waals surface area contributed by atoms with Gasteiger partial charge in [0.1, 0.15) is 6.04 Å². The van der Waals surface area contributed by atoms with Crippen molar-refractivity contribution >= 4 is 17.3 Å². The summed E-state index contributed by atoms with van der Waals surface area (Å²) in [5.41, 5.74) is 6.89. The Hall–Kier alpha value is -1.71. The van der Waals surface area contributed by atoms with Crippen molar-refractivity contribution in [3.8, 4) is 0 Å². The fourth-order valence-electron chi connectivity index (χ4n) is 0.891. The molecule has 0 spiro atoms. The molecule has 0 bridgehead atoms. The van der Waals surface area contributed by atoms with E-state index in [1.54, 1.807) is 31.2 Å². The van der Waals surface area contributed by atoms with Crippen LogP contribution < -0.4 is 11.1 Å². The zero-order valence-electron chi connectivity index (χ0n) is 7.32. The van der Waals surface area contributed by atoms with Crippen molar-refractivity contribution in [2.75, 3.05) is 11.1 Å². The van der Waals surface area contributed by atoms with E-state index in [4.69, 9.17) is 10.8 Å². The molecule has 70 valence electrons. The molecule has 4 N–H and O–H groups in total. The van der Waals surface area contributed by atoms with Crippen LogP contribution in [0.4, 0.5) is 11.4 Å². The number of hydrogen-bond acceptors (Lipinski definition) is 3. The lowest BCUT2D eigenvalue weighted by molar-refractivity contribution is -0.137. The molecule has 13 heavy (non-hydrogen) atoms. The average molecular weight is 180 g/mol. The SMILES string of the molecule is CC(Nc1ccc(N)cc1)C(=O)O. The molecule has 0 saturated carbocycles. The van der Waals surface area contributed by atoms with Crippen LogP contribution in [0.3, 0.4) is 0 Å². The van der Waals surface area contributed by atoms with Gasteiger partial charge in [-0.1, -0.05) is 0 Å². The topological polar surface area (TPSA) is 75.3 Å². The van der Waals surface area contributed by atoms with Gasteiger partial charge in [0.05, 0.1) is 0 Å². The van der Waals surface area contributed by atoms with Gasteiger partial charge in [0.2, 0.25) is 0 Å². The summed E-state index contributed by atoms with van der Waals surface area (Å²) >= 11 is 0. The van der Waals surface area contributed by atoms with Crippen LogP contribution in [0.15, 0.2) is 24.3 Å². The minimum Gasteiger partial charge on any atom is -0.480 e. The third-order valence-electron chi connectivity index (χ3n) is 1.66. The van der Waals surface area contributed by atoms with E-state index in [0.29, 0.717) is 5.69 Å². The Morgan fingerprint density at radius 1 is 1.46 bits per heavy atom. The molecule has 0 aromatic heterocycles. The van der Waals surface area contributed by atoms with E-state index in [-0.39, 0.29) is 0 Å². The van der Waals surface area contributed by atoms with Crippen molar-refractivity contribution < 1.29 is 9.90 Å². The third kappa shape index (κ3) is 2.66. The van der Waals surface area contributed by atoms with Gasteiger partial charge in [0, 0.05) is 11.4 Å². The van der Waals surface area contributed by atoms with Crippen molar-refractivity contribution in [3.05, 3.63) is 24.3 Å². The lowest BCUT2D eigenvalue weighted by atomic mass is 10.2. The Balaban J connectivity index is 2.64. The van der Waals surface area contributed by atoms with Gasteiger partial charge >= 0.3 is 5.97 Å². The van der Waals surface area contributed by atoms with E-state index in [1.165, 1.54) is 0 Å². The molecule has 1 aromatic rings. The maximum absolute atomic E-state index is 10.5. The molecule has 1 rings (SSSR count). The van der Waals surface area contributed by atoms with Crippen molar-refractivity contribution in [2.45, 2.75) is 13.0 Å². The summed E-state index contributed by atoms with van der Waals surface area (Å²) in [6.07, 6.45) is 0. The van der Waals surface area contributed by atoms with Gasteiger partial charge in [-0.15, -0.1) is 0 Å². The summed E-state index contributed by atoms with van der Waals surface area (Å²) in [6.45, 7) is 1.58. The zero-order chi connectivity index (χ0) is 9.84. The fourth-order valence-corrected chi connectivity index (χ4v) is 0.891. The van der Waals surface area contributed by atoms with E-state index < -0.39 is 12.0 Å². The monoisotopic (exact) mass is 180 g/mol. The number of hydrogen-bond donors (Lipinski definition) is 3. The smallest absolute Gasteiger partial charge is 0.325 e. The van der Waals surface area contributed by atoms with Crippen LogP contribution in [-0.2, 0) is 4.79 Å². The van der Waals surface area contributed by atoms with Crippen LogP contribution in [0.5, 0.6) is 0 Å². The van der Waals surface area contributed by atoms with E-state index in [1.807, 2.05) is 0 Å². The highest BCUT2D eigenvalue weighted by Crippen LogP contribution is 2.11. The lowest BCUT2D eigenvalue weighted by Crippen LogP contribution is -2.25. The number of nitrogens with one attached hydrogen (secondary N) is 1. The maximum atomic E-state index is 10.5. The molecule has 0 amide bonds.